The Balaban J connectivity index is 1.59. The molecule has 1 fully saturated rings. The quantitative estimate of drug-likeness (QED) is 0.824. The smallest absolute Gasteiger partial charge is 0.229 e. The fourth-order valence-corrected chi connectivity index (χ4v) is 3.46. The normalized spacial score (nSPS) is 15.3. The molecule has 1 saturated heterocycles. The third kappa shape index (κ3) is 5.03. The van der Waals surface area contributed by atoms with E-state index in [1.54, 1.807) is 0 Å². The Kier molecular flexibility index (Phi) is 6.04. The molecular formula is C19H25N3O2S. The zero-order valence-electron chi connectivity index (χ0n) is 14.7. The summed E-state index contributed by atoms with van der Waals surface area (Å²) in [5.41, 5.74) is 1.90. The van der Waals surface area contributed by atoms with Gasteiger partial charge in [0, 0.05) is 16.9 Å². The molecule has 1 aromatic carbocycles. The molecule has 0 saturated carbocycles. The van der Waals surface area contributed by atoms with Crippen LogP contribution in [0.4, 0.5) is 5.13 Å². The van der Waals surface area contributed by atoms with E-state index in [-0.39, 0.29) is 11.8 Å². The first-order valence-electron chi connectivity index (χ1n) is 8.82. The van der Waals surface area contributed by atoms with Crippen LogP contribution in [0.25, 0.3) is 11.3 Å². The van der Waals surface area contributed by atoms with Crippen molar-refractivity contribution in [1.82, 2.24) is 10.3 Å². The molecule has 0 radical (unpaired) electrons. The number of aromatic nitrogens is 1. The van der Waals surface area contributed by atoms with Crippen molar-refractivity contribution in [3.8, 4) is 17.0 Å². The Morgan fingerprint density at radius 2 is 2.04 bits per heavy atom. The lowest BCUT2D eigenvalue weighted by atomic mass is 9.97. The fourth-order valence-electron chi connectivity index (χ4n) is 2.74. The van der Waals surface area contributed by atoms with Crippen molar-refractivity contribution in [2.24, 2.45) is 11.8 Å². The number of carbonyl (C=O) groups excluding carboxylic acids is 1. The van der Waals surface area contributed by atoms with E-state index in [2.05, 4.69) is 29.5 Å². The molecule has 2 N–H and O–H groups in total. The maximum atomic E-state index is 12.3. The van der Waals surface area contributed by atoms with Gasteiger partial charge in [0.05, 0.1) is 12.3 Å². The van der Waals surface area contributed by atoms with Gasteiger partial charge in [-0.25, -0.2) is 4.98 Å². The number of nitrogens with zero attached hydrogens (tertiary/aromatic N) is 1. The van der Waals surface area contributed by atoms with Crippen LogP contribution in [-0.4, -0.2) is 30.6 Å². The minimum Gasteiger partial charge on any atom is -0.493 e. The molecule has 1 aliphatic rings. The number of rotatable bonds is 6. The van der Waals surface area contributed by atoms with Gasteiger partial charge >= 0.3 is 0 Å². The van der Waals surface area contributed by atoms with Crippen molar-refractivity contribution in [2.45, 2.75) is 26.7 Å². The van der Waals surface area contributed by atoms with Gasteiger partial charge < -0.3 is 15.4 Å². The molecule has 1 aromatic heterocycles. The molecule has 2 aromatic rings. The topological polar surface area (TPSA) is 63.2 Å². The molecule has 134 valence electrons. The summed E-state index contributed by atoms with van der Waals surface area (Å²) in [6.07, 6.45) is 1.78. The van der Waals surface area contributed by atoms with Gasteiger partial charge in [-0.3, -0.25) is 4.79 Å². The molecule has 2 heterocycles. The molecule has 0 atom stereocenters. The predicted molar refractivity (Wildman–Crippen MR) is 102 cm³/mol. The minimum atomic E-state index is 0.0832. The molecule has 6 heteroatoms. The highest BCUT2D eigenvalue weighted by atomic mass is 32.1. The van der Waals surface area contributed by atoms with E-state index in [4.69, 9.17) is 4.74 Å². The second-order valence-electron chi connectivity index (χ2n) is 6.78. The van der Waals surface area contributed by atoms with Gasteiger partial charge in [-0.05, 0) is 56.1 Å². The average Bonchev–Trinajstić information content (AvgIpc) is 3.09. The summed E-state index contributed by atoms with van der Waals surface area (Å²) in [7, 11) is 0. The first kappa shape index (κ1) is 17.9. The standard InChI is InChI=1S/C19H25N3O2S/c1-13(2)11-24-16-5-3-14(4-6-16)17-12-25-19(21-17)22-18(23)15-7-9-20-10-8-15/h3-6,12-13,15,20H,7-11H2,1-2H3,(H,21,22,23). The van der Waals surface area contributed by atoms with Crippen molar-refractivity contribution in [3.05, 3.63) is 29.6 Å². The van der Waals surface area contributed by atoms with E-state index in [1.807, 2.05) is 29.6 Å². The van der Waals surface area contributed by atoms with Crippen LogP contribution in [0.15, 0.2) is 29.6 Å². The molecule has 0 aliphatic carbocycles. The van der Waals surface area contributed by atoms with Crippen molar-refractivity contribution < 1.29 is 9.53 Å². The summed E-state index contributed by atoms with van der Waals surface area (Å²) in [6.45, 7) is 6.79. The molecule has 25 heavy (non-hydrogen) atoms. The Morgan fingerprint density at radius 1 is 1.32 bits per heavy atom. The molecule has 0 unspecified atom stereocenters. The van der Waals surface area contributed by atoms with E-state index in [0.717, 1.165) is 42.9 Å². The average molecular weight is 359 g/mol. The van der Waals surface area contributed by atoms with Gasteiger partial charge in [-0.2, -0.15) is 0 Å². The first-order chi connectivity index (χ1) is 12.1. The van der Waals surface area contributed by atoms with Crippen LogP contribution in [0.2, 0.25) is 0 Å². The molecule has 5 nitrogen and oxygen atoms in total. The Labute approximate surface area is 152 Å². The van der Waals surface area contributed by atoms with Gasteiger partial charge in [0.25, 0.3) is 0 Å². The molecular weight excluding hydrogens is 334 g/mol. The summed E-state index contributed by atoms with van der Waals surface area (Å²) in [5, 5.41) is 8.88. The number of hydrogen-bond acceptors (Lipinski definition) is 5. The lowest BCUT2D eigenvalue weighted by Gasteiger charge is -2.20. The van der Waals surface area contributed by atoms with E-state index >= 15 is 0 Å². The molecule has 1 aliphatic heterocycles. The predicted octanol–water partition coefficient (Wildman–Crippen LogP) is 3.78. The van der Waals surface area contributed by atoms with E-state index in [0.29, 0.717) is 17.7 Å². The number of nitrogens with one attached hydrogen (secondary N) is 2. The van der Waals surface area contributed by atoms with Crippen LogP contribution in [0.3, 0.4) is 0 Å². The first-order valence-corrected chi connectivity index (χ1v) is 9.70. The van der Waals surface area contributed by atoms with Crippen molar-refractivity contribution >= 4 is 22.4 Å². The lowest BCUT2D eigenvalue weighted by molar-refractivity contribution is -0.120. The molecule has 0 bridgehead atoms. The SMILES string of the molecule is CC(C)COc1ccc(-c2csc(NC(=O)C3CCNCC3)n2)cc1. The van der Waals surface area contributed by atoms with Crippen LogP contribution in [0.5, 0.6) is 5.75 Å². The number of benzene rings is 1. The van der Waals surface area contributed by atoms with Gasteiger partial charge in [0.1, 0.15) is 5.75 Å². The summed E-state index contributed by atoms with van der Waals surface area (Å²) >= 11 is 1.47. The van der Waals surface area contributed by atoms with Crippen molar-refractivity contribution in [1.29, 1.82) is 0 Å². The van der Waals surface area contributed by atoms with Crippen molar-refractivity contribution in [3.63, 3.8) is 0 Å². The summed E-state index contributed by atoms with van der Waals surface area (Å²) in [5.74, 6) is 1.54. The van der Waals surface area contributed by atoms with Crippen LogP contribution in [-0.2, 0) is 4.79 Å². The van der Waals surface area contributed by atoms with Crippen LogP contribution in [0.1, 0.15) is 26.7 Å². The van der Waals surface area contributed by atoms with Gasteiger partial charge in [-0.15, -0.1) is 11.3 Å². The lowest BCUT2D eigenvalue weighted by Crippen LogP contribution is -2.34. The zero-order chi connectivity index (χ0) is 17.6. The maximum absolute atomic E-state index is 12.3. The number of carbonyl (C=O) groups is 1. The van der Waals surface area contributed by atoms with Gasteiger partial charge in [-0.1, -0.05) is 13.8 Å². The second-order valence-corrected chi connectivity index (χ2v) is 7.64. The highest BCUT2D eigenvalue weighted by Crippen LogP contribution is 2.27. The van der Waals surface area contributed by atoms with Crippen LogP contribution >= 0.6 is 11.3 Å². The number of ether oxygens (including phenoxy) is 1. The third-order valence-electron chi connectivity index (χ3n) is 4.18. The van der Waals surface area contributed by atoms with Gasteiger partial charge in [0.15, 0.2) is 5.13 Å². The molecule has 3 rings (SSSR count). The summed E-state index contributed by atoms with van der Waals surface area (Å²) < 4.78 is 5.70. The Morgan fingerprint density at radius 3 is 2.72 bits per heavy atom. The maximum Gasteiger partial charge on any atom is 0.229 e. The largest absolute Gasteiger partial charge is 0.493 e. The monoisotopic (exact) mass is 359 g/mol. The van der Waals surface area contributed by atoms with Crippen LogP contribution in [0, 0.1) is 11.8 Å². The fraction of sp³-hybridized carbons (Fsp3) is 0.474. The third-order valence-corrected chi connectivity index (χ3v) is 4.94. The summed E-state index contributed by atoms with van der Waals surface area (Å²) in [4.78, 5) is 16.8. The highest BCUT2D eigenvalue weighted by Gasteiger charge is 2.21. The number of thiazole rings is 1. The molecule has 0 spiro atoms. The second kappa shape index (κ2) is 8.45. The number of piperidine rings is 1. The van der Waals surface area contributed by atoms with Crippen molar-refractivity contribution in [2.75, 3.05) is 25.0 Å². The number of anilines is 1. The van der Waals surface area contributed by atoms with E-state index in [1.165, 1.54) is 11.3 Å². The molecule has 1 amide bonds. The summed E-state index contributed by atoms with van der Waals surface area (Å²) in [6, 6.07) is 7.93. The number of amides is 1. The van der Waals surface area contributed by atoms with E-state index in [9.17, 15) is 4.79 Å². The Bertz CT molecular complexity index is 691. The van der Waals surface area contributed by atoms with Gasteiger partial charge in [0.2, 0.25) is 5.91 Å². The number of hydrogen-bond donors (Lipinski definition) is 2. The Hall–Kier alpha value is -1.92. The highest BCUT2D eigenvalue weighted by molar-refractivity contribution is 7.14. The zero-order valence-corrected chi connectivity index (χ0v) is 15.6. The minimum absolute atomic E-state index is 0.0832. The van der Waals surface area contributed by atoms with Crippen LogP contribution < -0.4 is 15.4 Å². The van der Waals surface area contributed by atoms with E-state index < -0.39 is 0 Å².